The number of aryl methyl sites for hydroxylation is 2. The molecular formula is C35H47N3. The highest BCUT2D eigenvalue weighted by atomic mass is 14.8. The first-order chi connectivity index (χ1) is 18.3. The second-order valence-corrected chi connectivity index (χ2v) is 11.1. The molecule has 3 rings (SSSR count). The Morgan fingerprint density at radius 1 is 0.632 bits per heavy atom. The second kappa shape index (κ2) is 14.2. The van der Waals surface area contributed by atoms with Crippen molar-refractivity contribution in [2.24, 2.45) is 9.98 Å². The van der Waals surface area contributed by atoms with Crippen molar-refractivity contribution in [2.45, 2.75) is 106 Å². The SMILES string of the molecule is CCCCC(=Nc1c(C)cccc1C(C)C)c1cccc(C(CCCC)=Nc2c(C)cccc2C(C)C)n1. The fourth-order valence-electron chi connectivity index (χ4n) is 4.80. The van der Waals surface area contributed by atoms with Gasteiger partial charge in [0.25, 0.3) is 0 Å². The van der Waals surface area contributed by atoms with Gasteiger partial charge in [0.2, 0.25) is 0 Å². The van der Waals surface area contributed by atoms with Crippen LogP contribution in [0, 0.1) is 13.8 Å². The Bertz CT molecular complexity index is 1170. The Hall–Kier alpha value is -3.07. The van der Waals surface area contributed by atoms with Gasteiger partial charge in [0.05, 0.1) is 34.2 Å². The lowest BCUT2D eigenvalue weighted by atomic mass is 9.97. The van der Waals surface area contributed by atoms with Crippen LogP contribution in [0.15, 0.2) is 64.6 Å². The molecule has 0 N–H and O–H groups in total. The van der Waals surface area contributed by atoms with Crippen molar-refractivity contribution in [3.05, 3.63) is 88.2 Å². The first-order valence-electron chi connectivity index (χ1n) is 14.6. The van der Waals surface area contributed by atoms with E-state index in [2.05, 4.69) is 110 Å². The van der Waals surface area contributed by atoms with E-state index in [4.69, 9.17) is 15.0 Å². The number of aromatic nitrogens is 1. The number of rotatable bonds is 12. The van der Waals surface area contributed by atoms with Crippen LogP contribution in [0.3, 0.4) is 0 Å². The van der Waals surface area contributed by atoms with Gasteiger partial charge in [0.1, 0.15) is 0 Å². The van der Waals surface area contributed by atoms with Crippen LogP contribution in [0.25, 0.3) is 0 Å². The average molecular weight is 510 g/mol. The van der Waals surface area contributed by atoms with Gasteiger partial charge >= 0.3 is 0 Å². The van der Waals surface area contributed by atoms with Crippen LogP contribution < -0.4 is 0 Å². The minimum Gasteiger partial charge on any atom is -0.251 e. The zero-order chi connectivity index (χ0) is 27.7. The smallest absolute Gasteiger partial charge is 0.0852 e. The third-order valence-corrected chi connectivity index (χ3v) is 7.15. The topological polar surface area (TPSA) is 37.6 Å². The van der Waals surface area contributed by atoms with Gasteiger partial charge in [-0.2, -0.15) is 0 Å². The average Bonchev–Trinajstić information content (AvgIpc) is 2.90. The summed E-state index contributed by atoms with van der Waals surface area (Å²) in [6.07, 6.45) is 6.25. The van der Waals surface area contributed by atoms with Crippen LogP contribution in [0.1, 0.15) is 126 Å². The van der Waals surface area contributed by atoms with Crippen molar-refractivity contribution in [2.75, 3.05) is 0 Å². The van der Waals surface area contributed by atoms with Gasteiger partial charge in [-0.25, -0.2) is 4.98 Å². The molecule has 0 aliphatic carbocycles. The molecule has 3 aromatic rings. The summed E-state index contributed by atoms with van der Waals surface area (Å²) in [6.45, 7) is 17.8. The van der Waals surface area contributed by atoms with Crippen molar-refractivity contribution in [3.8, 4) is 0 Å². The molecule has 3 heteroatoms. The molecule has 0 atom stereocenters. The molecule has 0 unspecified atom stereocenters. The number of aliphatic imine (C=N–C) groups is 2. The Labute approximate surface area is 231 Å². The molecule has 0 saturated carbocycles. The van der Waals surface area contributed by atoms with Gasteiger partial charge in [-0.15, -0.1) is 0 Å². The molecule has 0 spiro atoms. The fraction of sp³-hybridized carbons (Fsp3) is 0.457. The van der Waals surface area contributed by atoms with E-state index in [1.165, 1.54) is 22.3 Å². The number of benzene rings is 2. The predicted molar refractivity (Wildman–Crippen MR) is 166 cm³/mol. The monoisotopic (exact) mass is 509 g/mol. The molecule has 0 bridgehead atoms. The van der Waals surface area contributed by atoms with E-state index >= 15 is 0 Å². The largest absolute Gasteiger partial charge is 0.251 e. The number of para-hydroxylation sites is 2. The van der Waals surface area contributed by atoms with Crippen LogP contribution in [0.4, 0.5) is 11.4 Å². The summed E-state index contributed by atoms with van der Waals surface area (Å²) in [4.78, 5) is 15.8. The minimum atomic E-state index is 0.414. The first-order valence-corrected chi connectivity index (χ1v) is 14.6. The zero-order valence-corrected chi connectivity index (χ0v) is 24.9. The highest BCUT2D eigenvalue weighted by Gasteiger charge is 2.15. The molecule has 3 nitrogen and oxygen atoms in total. The van der Waals surface area contributed by atoms with Crippen LogP contribution in [-0.2, 0) is 0 Å². The highest BCUT2D eigenvalue weighted by molar-refractivity contribution is 6.04. The molecule has 2 aromatic carbocycles. The fourth-order valence-corrected chi connectivity index (χ4v) is 4.80. The Morgan fingerprint density at radius 2 is 1.03 bits per heavy atom. The molecule has 0 amide bonds. The first kappa shape index (κ1) is 29.5. The van der Waals surface area contributed by atoms with Crippen LogP contribution in [0.5, 0.6) is 0 Å². The summed E-state index contributed by atoms with van der Waals surface area (Å²) in [5, 5.41) is 0. The predicted octanol–water partition coefficient (Wildman–Crippen LogP) is 10.6. The summed E-state index contributed by atoms with van der Waals surface area (Å²) in [7, 11) is 0. The van der Waals surface area contributed by atoms with Crippen LogP contribution in [0.2, 0.25) is 0 Å². The summed E-state index contributed by atoms with van der Waals surface area (Å²) in [5.74, 6) is 0.829. The Morgan fingerprint density at radius 3 is 1.39 bits per heavy atom. The van der Waals surface area contributed by atoms with Gasteiger partial charge in [-0.3, -0.25) is 9.98 Å². The van der Waals surface area contributed by atoms with E-state index in [9.17, 15) is 0 Å². The van der Waals surface area contributed by atoms with Gasteiger partial charge in [0, 0.05) is 0 Å². The van der Waals surface area contributed by atoms with Crippen LogP contribution >= 0.6 is 0 Å². The molecule has 0 saturated heterocycles. The quantitative estimate of drug-likeness (QED) is 0.224. The molecule has 1 heterocycles. The molecule has 38 heavy (non-hydrogen) atoms. The molecular weight excluding hydrogens is 462 g/mol. The van der Waals surface area contributed by atoms with Crippen molar-refractivity contribution < 1.29 is 0 Å². The number of hydrogen-bond donors (Lipinski definition) is 0. The number of nitrogens with zero attached hydrogens (tertiary/aromatic N) is 3. The number of unbranched alkanes of at least 4 members (excludes halogenated alkanes) is 2. The lowest BCUT2D eigenvalue weighted by molar-refractivity contribution is 0.829. The lowest BCUT2D eigenvalue weighted by Crippen LogP contribution is -2.10. The second-order valence-electron chi connectivity index (χ2n) is 11.1. The van der Waals surface area contributed by atoms with Crippen molar-refractivity contribution >= 4 is 22.8 Å². The molecule has 0 aliphatic heterocycles. The van der Waals surface area contributed by atoms with E-state index in [-0.39, 0.29) is 0 Å². The van der Waals surface area contributed by atoms with Gasteiger partial charge in [0.15, 0.2) is 0 Å². The minimum absolute atomic E-state index is 0.414. The molecule has 202 valence electrons. The number of pyridine rings is 1. The third kappa shape index (κ3) is 7.49. The van der Waals surface area contributed by atoms with Gasteiger partial charge < -0.3 is 0 Å². The van der Waals surface area contributed by atoms with Crippen molar-refractivity contribution in [1.29, 1.82) is 0 Å². The van der Waals surface area contributed by atoms with Crippen molar-refractivity contribution in [1.82, 2.24) is 4.98 Å². The van der Waals surface area contributed by atoms with E-state index in [0.29, 0.717) is 11.8 Å². The third-order valence-electron chi connectivity index (χ3n) is 7.15. The molecule has 0 radical (unpaired) electrons. The summed E-state index contributed by atoms with van der Waals surface area (Å²) in [6, 6.07) is 19.4. The Balaban J connectivity index is 2.16. The highest BCUT2D eigenvalue weighted by Crippen LogP contribution is 2.32. The Kier molecular flexibility index (Phi) is 11.0. The lowest BCUT2D eigenvalue weighted by Gasteiger charge is -2.16. The zero-order valence-electron chi connectivity index (χ0n) is 24.9. The summed E-state index contributed by atoms with van der Waals surface area (Å²) < 4.78 is 0. The molecule has 1 aromatic heterocycles. The van der Waals surface area contributed by atoms with E-state index in [1.54, 1.807) is 0 Å². The maximum Gasteiger partial charge on any atom is 0.0852 e. The van der Waals surface area contributed by atoms with E-state index < -0.39 is 0 Å². The normalized spacial score (nSPS) is 12.6. The van der Waals surface area contributed by atoms with Crippen LogP contribution in [-0.4, -0.2) is 16.4 Å². The van der Waals surface area contributed by atoms with E-state index in [0.717, 1.165) is 72.7 Å². The maximum atomic E-state index is 5.30. The summed E-state index contributed by atoms with van der Waals surface area (Å²) in [5.41, 5.74) is 11.3. The van der Waals surface area contributed by atoms with Gasteiger partial charge in [-0.1, -0.05) is 96.8 Å². The maximum absolute atomic E-state index is 5.30. The number of hydrogen-bond acceptors (Lipinski definition) is 3. The van der Waals surface area contributed by atoms with E-state index in [1.807, 2.05) is 0 Å². The van der Waals surface area contributed by atoms with Crippen molar-refractivity contribution in [3.63, 3.8) is 0 Å². The molecule has 0 fully saturated rings. The molecule has 0 aliphatic rings. The standard InChI is InChI=1S/C35H47N3/c1-9-11-20-32(37-34-26(7)16-13-18-28(34)24(3)4)30-22-15-23-31(36-30)33(21-12-10-2)38-35-27(8)17-14-19-29(35)25(5)6/h13-19,22-25H,9-12,20-21H2,1-8H3. The van der Waals surface area contributed by atoms with Gasteiger partial charge in [-0.05, 0) is 85.8 Å². The summed E-state index contributed by atoms with van der Waals surface area (Å²) >= 11 is 0.